The maximum absolute atomic E-state index is 12.6. The van der Waals surface area contributed by atoms with E-state index in [1.54, 1.807) is 0 Å². The van der Waals surface area contributed by atoms with Crippen LogP contribution in [-0.2, 0) is 27.4 Å². The van der Waals surface area contributed by atoms with Crippen LogP contribution in [0.4, 0.5) is 24.5 Å². The number of benzene rings is 2. The fourth-order valence-electron chi connectivity index (χ4n) is 2.90. The number of phenolic OH excluding ortho intramolecular Hbond substituents is 1. The number of rotatable bonds is 4. The van der Waals surface area contributed by atoms with Gasteiger partial charge in [0.15, 0.2) is 0 Å². The van der Waals surface area contributed by atoms with Gasteiger partial charge in [-0.1, -0.05) is 12.1 Å². The molecule has 6 nitrogen and oxygen atoms in total. The maximum atomic E-state index is 12.6. The summed E-state index contributed by atoms with van der Waals surface area (Å²) in [6.07, 6.45) is -4.18. The van der Waals surface area contributed by atoms with Crippen LogP contribution < -0.4 is 9.62 Å². The molecule has 0 aliphatic carbocycles. The van der Waals surface area contributed by atoms with Gasteiger partial charge in [-0.15, -0.1) is 0 Å². The number of sulfonamides is 1. The minimum absolute atomic E-state index is 0.0245. The summed E-state index contributed by atoms with van der Waals surface area (Å²) in [7, 11) is -3.42. The quantitative estimate of drug-likeness (QED) is 0.753. The molecule has 1 saturated heterocycles. The second kappa shape index (κ2) is 7.34. The van der Waals surface area contributed by atoms with Gasteiger partial charge >= 0.3 is 6.18 Å². The number of anilines is 2. The van der Waals surface area contributed by atoms with Gasteiger partial charge in [-0.2, -0.15) is 13.2 Å². The number of amides is 1. The van der Waals surface area contributed by atoms with Crippen molar-refractivity contribution in [3.63, 3.8) is 0 Å². The zero-order valence-corrected chi connectivity index (χ0v) is 15.3. The largest absolute Gasteiger partial charge is 0.506 e. The fourth-order valence-corrected chi connectivity index (χ4v) is 4.46. The summed E-state index contributed by atoms with van der Waals surface area (Å²) in [6.45, 7) is 0.312. The fraction of sp³-hybridized carbons (Fsp3) is 0.278. The topological polar surface area (TPSA) is 86.7 Å². The highest BCUT2D eigenvalue weighted by Crippen LogP contribution is 2.32. The van der Waals surface area contributed by atoms with E-state index >= 15 is 0 Å². The Morgan fingerprint density at radius 1 is 1.14 bits per heavy atom. The van der Waals surface area contributed by atoms with Gasteiger partial charge in [0.05, 0.1) is 29.1 Å². The minimum atomic E-state index is -4.46. The SMILES string of the molecule is O=C(Cc1ccc(C(F)(F)F)cc1)Nc1cc(N2CCCS2(=O)=O)ccc1O. The first-order valence-electron chi connectivity index (χ1n) is 8.36. The third kappa shape index (κ3) is 4.38. The molecule has 1 amide bonds. The number of nitrogens with one attached hydrogen (secondary N) is 1. The summed E-state index contributed by atoms with van der Waals surface area (Å²) in [5, 5.41) is 12.4. The van der Waals surface area contributed by atoms with E-state index in [0.29, 0.717) is 24.2 Å². The predicted octanol–water partition coefficient (Wildman–Crippen LogP) is 3.13. The predicted molar refractivity (Wildman–Crippen MR) is 97.6 cm³/mol. The molecule has 0 radical (unpaired) electrons. The Morgan fingerprint density at radius 2 is 1.82 bits per heavy atom. The first-order chi connectivity index (χ1) is 13.1. The molecule has 2 N–H and O–H groups in total. The average molecular weight is 414 g/mol. The van der Waals surface area contributed by atoms with Crippen LogP contribution in [0.1, 0.15) is 17.5 Å². The summed E-state index contributed by atoms with van der Waals surface area (Å²) in [5.41, 5.74) is -0.103. The summed E-state index contributed by atoms with van der Waals surface area (Å²) in [4.78, 5) is 12.2. The van der Waals surface area contributed by atoms with E-state index in [1.165, 1.54) is 34.6 Å². The molecule has 3 rings (SSSR count). The highest BCUT2D eigenvalue weighted by Gasteiger charge is 2.30. The highest BCUT2D eigenvalue weighted by molar-refractivity contribution is 7.93. The first-order valence-corrected chi connectivity index (χ1v) is 9.96. The number of nitrogens with zero attached hydrogens (tertiary/aromatic N) is 1. The Balaban J connectivity index is 1.73. The number of hydrogen-bond donors (Lipinski definition) is 2. The third-order valence-electron chi connectivity index (χ3n) is 4.29. The molecule has 0 spiro atoms. The molecule has 1 aliphatic heterocycles. The summed E-state index contributed by atoms with van der Waals surface area (Å²) < 4.78 is 63.0. The number of hydrogen-bond acceptors (Lipinski definition) is 4. The Kier molecular flexibility index (Phi) is 5.24. The Hall–Kier alpha value is -2.75. The van der Waals surface area contributed by atoms with Crippen LogP contribution in [0.3, 0.4) is 0 Å². The number of carbonyl (C=O) groups excluding carboxylic acids is 1. The van der Waals surface area contributed by atoms with Crippen LogP contribution in [0.25, 0.3) is 0 Å². The van der Waals surface area contributed by atoms with Crippen LogP contribution >= 0.6 is 0 Å². The van der Waals surface area contributed by atoms with Gasteiger partial charge in [0.2, 0.25) is 15.9 Å². The van der Waals surface area contributed by atoms with Gasteiger partial charge in [0.25, 0.3) is 0 Å². The van der Waals surface area contributed by atoms with Gasteiger partial charge < -0.3 is 10.4 Å². The van der Waals surface area contributed by atoms with Crippen molar-refractivity contribution in [3.8, 4) is 5.75 Å². The molecule has 1 heterocycles. The molecule has 0 atom stereocenters. The van der Waals surface area contributed by atoms with Crippen molar-refractivity contribution in [2.45, 2.75) is 19.0 Å². The zero-order chi connectivity index (χ0) is 20.5. The molecule has 2 aromatic rings. The molecule has 28 heavy (non-hydrogen) atoms. The lowest BCUT2D eigenvalue weighted by molar-refractivity contribution is -0.137. The summed E-state index contributed by atoms with van der Waals surface area (Å²) >= 11 is 0. The Morgan fingerprint density at radius 3 is 2.39 bits per heavy atom. The Bertz CT molecular complexity index is 989. The molecule has 150 valence electrons. The molecular formula is C18H17F3N2O4S. The number of alkyl halides is 3. The summed E-state index contributed by atoms with van der Waals surface area (Å²) in [6, 6.07) is 8.24. The molecule has 1 fully saturated rings. The lowest BCUT2D eigenvalue weighted by Crippen LogP contribution is -2.25. The molecule has 0 bridgehead atoms. The van der Waals surface area contributed by atoms with E-state index in [9.17, 15) is 31.5 Å². The van der Waals surface area contributed by atoms with Gasteiger partial charge in [-0.05, 0) is 42.3 Å². The van der Waals surface area contributed by atoms with Crippen LogP contribution in [0.2, 0.25) is 0 Å². The molecule has 2 aromatic carbocycles. The minimum Gasteiger partial charge on any atom is -0.506 e. The van der Waals surface area contributed by atoms with Crippen molar-refractivity contribution < 1.29 is 31.5 Å². The van der Waals surface area contributed by atoms with Gasteiger partial charge in [0.1, 0.15) is 5.75 Å². The molecular weight excluding hydrogens is 397 g/mol. The van der Waals surface area contributed by atoms with E-state index in [1.807, 2.05) is 0 Å². The van der Waals surface area contributed by atoms with Crippen molar-refractivity contribution >= 4 is 27.3 Å². The van der Waals surface area contributed by atoms with E-state index < -0.39 is 27.7 Å². The lowest BCUT2D eigenvalue weighted by atomic mass is 10.1. The average Bonchev–Trinajstić information content (AvgIpc) is 2.96. The van der Waals surface area contributed by atoms with Gasteiger partial charge in [0, 0.05) is 6.54 Å². The Labute approximate surface area is 159 Å². The van der Waals surface area contributed by atoms with E-state index in [-0.39, 0.29) is 23.6 Å². The second-order valence-electron chi connectivity index (χ2n) is 6.36. The molecule has 0 unspecified atom stereocenters. The van der Waals surface area contributed by atoms with Crippen molar-refractivity contribution in [1.29, 1.82) is 0 Å². The van der Waals surface area contributed by atoms with Gasteiger partial charge in [-0.3, -0.25) is 9.10 Å². The number of carbonyl (C=O) groups is 1. The smallest absolute Gasteiger partial charge is 0.416 e. The number of halogens is 3. The standard InChI is InChI=1S/C18H17F3N2O4S/c19-18(20,21)13-4-2-12(3-5-13)10-17(25)22-15-11-14(6-7-16(15)24)23-8-1-9-28(23,26)27/h2-7,11,24H,1,8-10H2,(H,22,25). The molecule has 10 heteroatoms. The maximum Gasteiger partial charge on any atom is 0.416 e. The van der Waals surface area contributed by atoms with Crippen LogP contribution in [0.15, 0.2) is 42.5 Å². The monoisotopic (exact) mass is 414 g/mol. The summed E-state index contributed by atoms with van der Waals surface area (Å²) in [5.74, 6) is -0.777. The van der Waals surface area contributed by atoms with Crippen molar-refractivity contribution in [2.75, 3.05) is 21.9 Å². The van der Waals surface area contributed by atoms with Crippen LogP contribution in [0, 0.1) is 0 Å². The zero-order valence-electron chi connectivity index (χ0n) is 14.5. The van der Waals surface area contributed by atoms with E-state index in [0.717, 1.165) is 12.1 Å². The highest BCUT2D eigenvalue weighted by atomic mass is 32.2. The molecule has 0 saturated carbocycles. The van der Waals surface area contributed by atoms with Crippen LogP contribution in [-0.4, -0.2) is 31.7 Å². The molecule has 0 aromatic heterocycles. The normalized spacial score (nSPS) is 16.2. The van der Waals surface area contributed by atoms with Crippen molar-refractivity contribution in [3.05, 3.63) is 53.6 Å². The third-order valence-corrected chi connectivity index (χ3v) is 6.16. The van der Waals surface area contributed by atoms with E-state index in [4.69, 9.17) is 0 Å². The van der Waals surface area contributed by atoms with Crippen LogP contribution in [0.5, 0.6) is 5.75 Å². The number of phenols is 1. The molecule has 1 aliphatic rings. The first kappa shape index (κ1) is 20.0. The van der Waals surface area contributed by atoms with E-state index in [2.05, 4.69) is 5.32 Å². The van der Waals surface area contributed by atoms with Crippen molar-refractivity contribution in [1.82, 2.24) is 0 Å². The number of aromatic hydroxyl groups is 1. The van der Waals surface area contributed by atoms with Gasteiger partial charge in [-0.25, -0.2) is 8.42 Å². The lowest BCUT2D eigenvalue weighted by Gasteiger charge is -2.18. The van der Waals surface area contributed by atoms with Crippen molar-refractivity contribution in [2.24, 2.45) is 0 Å². The second-order valence-corrected chi connectivity index (χ2v) is 8.38.